The average Bonchev–Trinajstić information content (AvgIpc) is 2.42. The average molecular weight is 206 g/mol. The molecule has 0 aromatic heterocycles. The van der Waals surface area contributed by atoms with E-state index >= 15 is 0 Å². The molecule has 4 heteroatoms. The van der Waals surface area contributed by atoms with Crippen molar-refractivity contribution in [3.8, 4) is 0 Å². The highest BCUT2D eigenvalue weighted by molar-refractivity contribution is 5.85. The minimum atomic E-state index is -0.301. The molecule has 0 radical (unpaired) electrons. The summed E-state index contributed by atoms with van der Waals surface area (Å²) >= 11 is 0. The Morgan fingerprint density at radius 3 is 2.54 bits per heavy atom. The zero-order chi connectivity index (χ0) is 8.82. The zero-order valence-electron chi connectivity index (χ0n) is 8.05. The zero-order valence-corrected chi connectivity index (χ0v) is 8.87. The van der Waals surface area contributed by atoms with Gasteiger partial charge in [-0.05, 0) is 25.2 Å². The van der Waals surface area contributed by atoms with E-state index in [-0.39, 0.29) is 23.9 Å². The Kier molecular flexibility index (Phi) is 2.61. The third-order valence-corrected chi connectivity index (χ3v) is 2.98. The highest BCUT2D eigenvalue weighted by atomic mass is 35.5. The van der Waals surface area contributed by atoms with Crippen molar-refractivity contribution in [3.05, 3.63) is 0 Å². The van der Waals surface area contributed by atoms with Gasteiger partial charge in [-0.3, -0.25) is 4.79 Å². The maximum absolute atomic E-state index is 11.5. The molecule has 0 spiro atoms. The number of halogens is 1. The number of hydrogen-bond acceptors (Lipinski definition) is 3. The normalized spacial score (nSPS) is 40.5. The lowest BCUT2D eigenvalue weighted by molar-refractivity contribution is -0.155. The quantitative estimate of drug-likeness (QED) is 0.687. The molecule has 2 heterocycles. The third kappa shape index (κ3) is 1.44. The molecule has 3 aliphatic rings. The number of fused-ring (bicyclic) bond motifs is 1. The van der Waals surface area contributed by atoms with Gasteiger partial charge in [-0.25, -0.2) is 0 Å². The summed E-state index contributed by atoms with van der Waals surface area (Å²) in [5.74, 6) is -0.0556. The van der Waals surface area contributed by atoms with Gasteiger partial charge in [0, 0.05) is 6.54 Å². The van der Waals surface area contributed by atoms with Gasteiger partial charge in [-0.2, -0.15) is 0 Å². The first kappa shape index (κ1) is 10.8. The highest BCUT2D eigenvalue weighted by Crippen LogP contribution is 2.53. The molecule has 1 saturated carbocycles. The lowest BCUT2D eigenvalue weighted by Crippen LogP contribution is -2.54. The van der Waals surface area contributed by atoms with E-state index in [1.165, 1.54) is 0 Å². The first-order chi connectivity index (χ1) is 5.60. The fourth-order valence-electron chi connectivity index (χ4n) is 2.52. The SMILES string of the molecule is CCOC(=O)C12CC(C)(CN1)C2.Cl. The van der Waals surface area contributed by atoms with Gasteiger partial charge >= 0.3 is 5.97 Å². The number of hydrogen-bond donors (Lipinski definition) is 1. The van der Waals surface area contributed by atoms with E-state index < -0.39 is 0 Å². The van der Waals surface area contributed by atoms with Crippen LogP contribution in [0.4, 0.5) is 0 Å². The molecule has 0 atom stereocenters. The topological polar surface area (TPSA) is 38.3 Å². The summed E-state index contributed by atoms with van der Waals surface area (Å²) in [6.45, 7) is 5.51. The van der Waals surface area contributed by atoms with E-state index in [4.69, 9.17) is 4.74 Å². The van der Waals surface area contributed by atoms with Gasteiger partial charge in [0.25, 0.3) is 0 Å². The molecule has 2 bridgehead atoms. The Bertz CT molecular complexity index is 224. The second-order valence-corrected chi connectivity index (χ2v) is 4.32. The van der Waals surface area contributed by atoms with Crippen LogP contribution >= 0.6 is 12.4 Å². The van der Waals surface area contributed by atoms with Crippen molar-refractivity contribution >= 4 is 18.4 Å². The lowest BCUT2D eigenvalue weighted by atomic mass is 9.63. The highest BCUT2D eigenvalue weighted by Gasteiger charge is 2.63. The van der Waals surface area contributed by atoms with Crippen LogP contribution in [0.1, 0.15) is 26.7 Å². The third-order valence-electron chi connectivity index (χ3n) is 2.98. The Labute approximate surface area is 84.6 Å². The maximum Gasteiger partial charge on any atom is 0.326 e. The van der Waals surface area contributed by atoms with Gasteiger partial charge in [0.05, 0.1) is 6.61 Å². The number of carbonyl (C=O) groups is 1. The van der Waals surface area contributed by atoms with Crippen molar-refractivity contribution in [2.45, 2.75) is 32.2 Å². The van der Waals surface area contributed by atoms with Crippen LogP contribution < -0.4 is 5.32 Å². The van der Waals surface area contributed by atoms with E-state index in [0.717, 1.165) is 19.4 Å². The molecule has 2 aliphatic heterocycles. The summed E-state index contributed by atoms with van der Waals surface area (Å²) in [4.78, 5) is 11.5. The fraction of sp³-hybridized carbons (Fsp3) is 0.889. The molecule has 2 saturated heterocycles. The molecule has 0 aromatic carbocycles. The Hall–Kier alpha value is -0.280. The summed E-state index contributed by atoms with van der Waals surface area (Å²) in [5.41, 5.74) is 0.0670. The smallest absolute Gasteiger partial charge is 0.326 e. The van der Waals surface area contributed by atoms with E-state index in [1.807, 2.05) is 6.92 Å². The van der Waals surface area contributed by atoms with E-state index in [1.54, 1.807) is 0 Å². The number of nitrogens with one attached hydrogen (secondary N) is 1. The maximum atomic E-state index is 11.5. The minimum Gasteiger partial charge on any atom is -0.465 e. The summed E-state index contributed by atoms with van der Waals surface area (Å²) in [6.07, 6.45) is 1.91. The first-order valence-electron chi connectivity index (χ1n) is 4.53. The van der Waals surface area contributed by atoms with Crippen molar-refractivity contribution in [2.24, 2.45) is 5.41 Å². The van der Waals surface area contributed by atoms with Crippen molar-refractivity contribution in [3.63, 3.8) is 0 Å². The summed E-state index contributed by atoms with van der Waals surface area (Å²) in [5, 5.41) is 3.26. The monoisotopic (exact) mass is 205 g/mol. The number of esters is 1. The molecule has 3 nitrogen and oxygen atoms in total. The van der Waals surface area contributed by atoms with Gasteiger partial charge in [-0.1, -0.05) is 6.92 Å². The first-order valence-corrected chi connectivity index (χ1v) is 4.53. The molecular weight excluding hydrogens is 190 g/mol. The molecule has 1 aliphatic carbocycles. The van der Waals surface area contributed by atoms with Crippen molar-refractivity contribution in [2.75, 3.05) is 13.2 Å². The van der Waals surface area contributed by atoms with E-state index in [0.29, 0.717) is 12.0 Å². The second-order valence-electron chi connectivity index (χ2n) is 4.32. The Balaban J connectivity index is 0.000000845. The van der Waals surface area contributed by atoms with Crippen LogP contribution in [0.5, 0.6) is 0 Å². The predicted molar refractivity (Wildman–Crippen MR) is 52.0 cm³/mol. The standard InChI is InChI=1S/C9H15NO2.ClH/c1-3-12-7(11)9-4-8(2,5-9)6-10-9;/h10H,3-6H2,1-2H3;1H. The molecule has 13 heavy (non-hydrogen) atoms. The molecule has 3 fully saturated rings. The van der Waals surface area contributed by atoms with Crippen LogP contribution in [0.25, 0.3) is 0 Å². The second kappa shape index (κ2) is 3.14. The van der Waals surface area contributed by atoms with Crippen molar-refractivity contribution in [1.82, 2.24) is 5.32 Å². The minimum absolute atomic E-state index is 0. The van der Waals surface area contributed by atoms with Crippen LogP contribution in [-0.2, 0) is 9.53 Å². The summed E-state index contributed by atoms with van der Waals surface area (Å²) < 4.78 is 5.01. The Morgan fingerprint density at radius 2 is 2.15 bits per heavy atom. The van der Waals surface area contributed by atoms with Crippen LogP contribution in [-0.4, -0.2) is 24.7 Å². The van der Waals surface area contributed by atoms with Crippen molar-refractivity contribution < 1.29 is 9.53 Å². The molecule has 76 valence electrons. The number of ether oxygens (including phenoxy) is 1. The van der Waals surface area contributed by atoms with Crippen molar-refractivity contribution in [1.29, 1.82) is 0 Å². The van der Waals surface area contributed by atoms with Gasteiger partial charge in [0.2, 0.25) is 0 Å². The molecule has 1 N–H and O–H groups in total. The summed E-state index contributed by atoms with van der Waals surface area (Å²) in [7, 11) is 0. The number of rotatable bonds is 2. The fourth-order valence-corrected chi connectivity index (χ4v) is 2.52. The van der Waals surface area contributed by atoms with Gasteiger partial charge in [-0.15, -0.1) is 12.4 Å². The Morgan fingerprint density at radius 1 is 1.54 bits per heavy atom. The van der Waals surface area contributed by atoms with Gasteiger partial charge in [0.15, 0.2) is 0 Å². The molecule has 0 unspecified atom stereocenters. The van der Waals surface area contributed by atoms with Gasteiger partial charge < -0.3 is 10.1 Å². The molecule has 0 amide bonds. The summed E-state index contributed by atoms with van der Waals surface area (Å²) in [6, 6.07) is 0. The number of carbonyl (C=O) groups excluding carboxylic acids is 1. The van der Waals surface area contributed by atoms with E-state index in [2.05, 4.69) is 12.2 Å². The van der Waals surface area contributed by atoms with Crippen LogP contribution in [0.2, 0.25) is 0 Å². The molecule has 3 rings (SSSR count). The van der Waals surface area contributed by atoms with Crippen LogP contribution in [0.3, 0.4) is 0 Å². The molecule has 0 aromatic rings. The lowest BCUT2D eigenvalue weighted by Gasteiger charge is -2.41. The van der Waals surface area contributed by atoms with Crippen LogP contribution in [0.15, 0.2) is 0 Å². The largest absolute Gasteiger partial charge is 0.465 e. The molecular formula is C9H16ClNO2. The van der Waals surface area contributed by atoms with Gasteiger partial charge in [0.1, 0.15) is 5.54 Å². The van der Waals surface area contributed by atoms with E-state index in [9.17, 15) is 4.79 Å². The predicted octanol–water partition coefficient (Wildman–Crippen LogP) is 1.11. The van der Waals surface area contributed by atoms with Crippen LogP contribution in [0, 0.1) is 5.41 Å².